The van der Waals surface area contributed by atoms with Crippen molar-refractivity contribution in [3.8, 4) is 5.75 Å². The molecule has 2 aromatic rings. The molecular weight excluding hydrogens is 364 g/mol. The second-order valence-corrected chi connectivity index (χ2v) is 6.74. The molecule has 0 N–H and O–H groups in total. The van der Waals surface area contributed by atoms with Gasteiger partial charge in [-0.15, -0.1) is 0 Å². The van der Waals surface area contributed by atoms with Gasteiger partial charge in [-0.1, -0.05) is 44.9 Å². The van der Waals surface area contributed by atoms with Gasteiger partial charge < -0.3 is 9.47 Å². The van der Waals surface area contributed by atoms with Gasteiger partial charge >= 0.3 is 5.97 Å². The van der Waals surface area contributed by atoms with Crippen LogP contribution in [0, 0.1) is 0 Å². The molecule has 2 rings (SSSR count). The number of carbonyl (C=O) groups is 1. The van der Waals surface area contributed by atoms with E-state index < -0.39 is 5.97 Å². The van der Waals surface area contributed by atoms with Crippen molar-refractivity contribution < 1.29 is 14.3 Å². The first kappa shape index (κ1) is 22.3. The van der Waals surface area contributed by atoms with E-state index in [1.54, 1.807) is 0 Å². The lowest BCUT2D eigenvalue weighted by Gasteiger charge is -2.06. The van der Waals surface area contributed by atoms with Crippen LogP contribution in [0.5, 0.6) is 5.75 Å². The lowest BCUT2D eigenvalue weighted by atomic mass is 10.1. The molecule has 0 heterocycles. The van der Waals surface area contributed by atoms with Gasteiger partial charge in [0.1, 0.15) is 5.75 Å². The van der Waals surface area contributed by atoms with Crippen molar-refractivity contribution in [3.63, 3.8) is 0 Å². The standard InChI is InChI=1S/C24H30N2O3/c1-3-5-6-7-9-20-10-12-21(13-11-20)25-26-22-14-16-23(17-15-22)28-18-8-19-29-24(27)4-2/h4,10-17H,2-3,5-9,18-19H2,1H3. The van der Waals surface area contributed by atoms with Crippen molar-refractivity contribution >= 4 is 17.3 Å². The highest BCUT2D eigenvalue weighted by atomic mass is 16.5. The van der Waals surface area contributed by atoms with E-state index >= 15 is 0 Å². The number of ether oxygens (including phenoxy) is 2. The van der Waals surface area contributed by atoms with Crippen LogP contribution in [-0.4, -0.2) is 19.2 Å². The third kappa shape index (κ3) is 9.19. The number of aryl methyl sites for hydroxylation is 1. The average molecular weight is 395 g/mol. The van der Waals surface area contributed by atoms with Crippen molar-refractivity contribution in [1.29, 1.82) is 0 Å². The Hall–Kier alpha value is -2.95. The summed E-state index contributed by atoms with van der Waals surface area (Å²) in [6.07, 6.45) is 7.99. The maximum Gasteiger partial charge on any atom is 0.330 e. The molecule has 2 aromatic carbocycles. The van der Waals surface area contributed by atoms with Crippen molar-refractivity contribution in [2.45, 2.75) is 45.4 Å². The highest BCUT2D eigenvalue weighted by Crippen LogP contribution is 2.22. The normalized spacial score (nSPS) is 10.8. The average Bonchev–Trinajstić information content (AvgIpc) is 2.76. The minimum atomic E-state index is -0.415. The van der Waals surface area contributed by atoms with Crippen LogP contribution in [0.2, 0.25) is 0 Å². The van der Waals surface area contributed by atoms with Gasteiger partial charge in [-0.25, -0.2) is 4.79 Å². The van der Waals surface area contributed by atoms with Gasteiger partial charge in [0.05, 0.1) is 24.6 Å². The summed E-state index contributed by atoms with van der Waals surface area (Å²) in [5.41, 5.74) is 2.96. The van der Waals surface area contributed by atoms with Crippen molar-refractivity contribution in [2.24, 2.45) is 10.2 Å². The Morgan fingerprint density at radius 1 is 0.897 bits per heavy atom. The lowest BCUT2D eigenvalue weighted by Crippen LogP contribution is -2.06. The van der Waals surface area contributed by atoms with Crippen LogP contribution in [0.4, 0.5) is 11.4 Å². The van der Waals surface area contributed by atoms with E-state index in [0.717, 1.165) is 29.6 Å². The number of nitrogens with zero attached hydrogens (tertiary/aromatic N) is 2. The Bertz CT molecular complexity index is 768. The highest BCUT2D eigenvalue weighted by Gasteiger charge is 1.98. The first-order chi connectivity index (χ1) is 14.2. The zero-order valence-electron chi connectivity index (χ0n) is 17.2. The van der Waals surface area contributed by atoms with Gasteiger partial charge in [0.15, 0.2) is 0 Å². The summed E-state index contributed by atoms with van der Waals surface area (Å²) < 4.78 is 10.5. The third-order valence-corrected chi connectivity index (χ3v) is 4.34. The van der Waals surface area contributed by atoms with Crippen LogP contribution in [0.1, 0.15) is 44.6 Å². The summed E-state index contributed by atoms with van der Waals surface area (Å²) in [5.74, 6) is 0.327. The molecule has 0 spiro atoms. The number of unbranched alkanes of at least 4 members (excludes halogenated alkanes) is 3. The topological polar surface area (TPSA) is 60.2 Å². The predicted octanol–water partition coefficient (Wildman–Crippen LogP) is 6.72. The molecule has 0 atom stereocenters. The van der Waals surface area contributed by atoms with Crippen LogP contribution in [-0.2, 0) is 16.0 Å². The number of benzene rings is 2. The SMILES string of the molecule is C=CC(=O)OCCCOc1ccc(N=Nc2ccc(CCCCCC)cc2)cc1. The van der Waals surface area contributed by atoms with Gasteiger partial charge in [0.2, 0.25) is 0 Å². The van der Waals surface area contributed by atoms with Crippen LogP contribution in [0.15, 0.2) is 71.4 Å². The maximum absolute atomic E-state index is 10.9. The van der Waals surface area contributed by atoms with E-state index in [1.807, 2.05) is 36.4 Å². The number of hydrogen-bond acceptors (Lipinski definition) is 5. The highest BCUT2D eigenvalue weighted by molar-refractivity contribution is 5.81. The van der Waals surface area contributed by atoms with E-state index in [4.69, 9.17) is 9.47 Å². The fraction of sp³-hybridized carbons (Fsp3) is 0.375. The maximum atomic E-state index is 10.9. The molecule has 0 saturated heterocycles. The van der Waals surface area contributed by atoms with Crippen LogP contribution < -0.4 is 4.74 Å². The minimum Gasteiger partial charge on any atom is -0.493 e. The molecule has 154 valence electrons. The quantitative estimate of drug-likeness (QED) is 0.164. The Morgan fingerprint density at radius 2 is 1.55 bits per heavy atom. The summed E-state index contributed by atoms with van der Waals surface area (Å²) in [7, 11) is 0. The van der Waals surface area contributed by atoms with Crippen molar-refractivity contribution in [3.05, 3.63) is 66.7 Å². The summed E-state index contributed by atoms with van der Waals surface area (Å²) in [6.45, 7) is 6.36. The molecule has 0 aromatic heterocycles. The minimum absolute atomic E-state index is 0.314. The lowest BCUT2D eigenvalue weighted by molar-refractivity contribution is -0.137. The van der Waals surface area contributed by atoms with Crippen LogP contribution in [0.3, 0.4) is 0 Å². The first-order valence-electron chi connectivity index (χ1n) is 10.2. The van der Waals surface area contributed by atoms with E-state index in [-0.39, 0.29) is 0 Å². The Labute approximate surface area is 173 Å². The Kier molecular flexibility index (Phi) is 10.2. The number of rotatable bonds is 13. The molecule has 5 heteroatoms. The molecular formula is C24H30N2O3. The molecule has 0 aliphatic heterocycles. The molecule has 0 radical (unpaired) electrons. The largest absolute Gasteiger partial charge is 0.493 e. The van der Waals surface area contributed by atoms with E-state index in [1.165, 1.54) is 31.2 Å². The van der Waals surface area contributed by atoms with Crippen molar-refractivity contribution in [1.82, 2.24) is 0 Å². The number of esters is 1. The van der Waals surface area contributed by atoms with Crippen LogP contribution >= 0.6 is 0 Å². The molecule has 0 unspecified atom stereocenters. The molecule has 29 heavy (non-hydrogen) atoms. The van der Waals surface area contributed by atoms with Crippen LogP contribution in [0.25, 0.3) is 0 Å². The molecule has 0 amide bonds. The second-order valence-electron chi connectivity index (χ2n) is 6.74. The molecule has 0 aliphatic rings. The monoisotopic (exact) mass is 394 g/mol. The number of carbonyl (C=O) groups excluding carboxylic acids is 1. The Balaban J connectivity index is 1.73. The molecule has 0 fully saturated rings. The van der Waals surface area contributed by atoms with Gasteiger partial charge in [-0.2, -0.15) is 10.2 Å². The molecule has 0 saturated carbocycles. The fourth-order valence-electron chi connectivity index (χ4n) is 2.69. The smallest absolute Gasteiger partial charge is 0.330 e. The zero-order valence-corrected chi connectivity index (χ0v) is 17.2. The second kappa shape index (κ2) is 13.3. The molecule has 0 bridgehead atoms. The van der Waals surface area contributed by atoms with Gasteiger partial charge in [-0.05, 0) is 54.8 Å². The number of azo groups is 1. The van der Waals surface area contributed by atoms with E-state index in [9.17, 15) is 4.79 Å². The summed E-state index contributed by atoms with van der Waals surface area (Å²) in [4.78, 5) is 10.9. The first-order valence-corrected chi connectivity index (χ1v) is 10.2. The van der Waals surface area contributed by atoms with E-state index in [2.05, 4.69) is 35.9 Å². The molecule has 0 aliphatic carbocycles. The zero-order chi connectivity index (χ0) is 20.7. The Morgan fingerprint density at radius 3 is 2.17 bits per heavy atom. The fourth-order valence-corrected chi connectivity index (χ4v) is 2.69. The van der Waals surface area contributed by atoms with E-state index in [0.29, 0.717) is 19.6 Å². The predicted molar refractivity (Wildman–Crippen MR) is 116 cm³/mol. The third-order valence-electron chi connectivity index (χ3n) is 4.34. The van der Waals surface area contributed by atoms with Gasteiger partial charge in [-0.3, -0.25) is 0 Å². The molecule has 5 nitrogen and oxygen atoms in total. The van der Waals surface area contributed by atoms with Crippen molar-refractivity contribution in [2.75, 3.05) is 13.2 Å². The van der Waals surface area contributed by atoms with Gasteiger partial charge in [0.25, 0.3) is 0 Å². The van der Waals surface area contributed by atoms with Gasteiger partial charge in [0, 0.05) is 12.5 Å². The number of hydrogen-bond donors (Lipinski definition) is 0. The summed E-state index contributed by atoms with van der Waals surface area (Å²) in [6, 6.07) is 15.7. The summed E-state index contributed by atoms with van der Waals surface area (Å²) in [5, 5.41) is 8.57. The summed E-state index contributed by atoms with van der Waals surface area (Å²) >= 11 is 0.